The summed E-state index contributed by atoms with van der Waals surface area (Å²) in [6.45, 7) is 1.67. The van der Waals surface area contributed by atoms with Crippen LogP contribution in [0.25, 0.3) is 0 Å². The van der Waals surface area contributed by atoms with E-state index in [0.717, 1.165) is 0 Å². The fourth-order valence-corrected chi connectivity index (χ4v) is 1.66. The Labute approximate surface area is 93.8 Å². The number of nitro groups is 1. The molecule has 1 aromatic carbocycles. The molecule has 0 heterocycles. The van der Waals surface area contributed by atoms with Gasteiger partial charge in [0, 0.05) is 10.5 Å². The van der Waals surface area contributed by atoms with Gasteiger partial charge in [0.25, 0.3) is 0 Å². The first-order valence-electron chi connectivity index (χ1n) is 5.07. The lowest BCUT2D eigenvalue weighted by atomic mass is 9.95. The number of phenols is 1. The number of rotatable bonds is 5. The first-order valence-corrected chi connectivity index (χ1v) is 5.07. The number of aromatic hydroxyl groups is 1. The standard InChI is InChI=1S/C11H15NO4/c1-3-8(7-12(14)15)9-5-4-6-10(16-2)11(9)13/h4-6,8,13H,3,7H2,1-2H3/t8-/m0/s1. The summed E-state index contributed by atoms with van der Waals surface area (Å²) < 4.78 is 4.97. The van der Waals surface area contributed by atoms with Gasteiger partial charge in [0.15, 0.2) is 11.5 Å². The predicted molar refractivity (Wildman–Crippen MR) is 59.6 cm³/mol. The molecule has 1 rings (SSSR count). The van der Waals surface area contributed by atoms with Gasteiger partial charge in [-0.1, -0.05) is 19.1 Å². The highest BCUT2D eigenvalue weighted by atomic mass is 16.6. The van der Waals surface area contributed by atoms with Crippen molar-refractivity contribution in [1.29, 1.82) is 0 Å². The summed E-state index contributed by atoms with van der Waals surface area (Å²) in [6, 6.07) is 5.03. The first-order chi connectivity index (χ1) is 7.60. The topological polar surface area (TPSA) is 72.6 Å². The molecule has 5 nitrogen and oxygen atoms in total. The van der Waals surface area contributed by atoms with Crippen LogP contribution in [0.5, 0.6) is 11.5 Å². The van der Waals surface area contributed by atoms with Crippen LogP contribution in [0.3, 0.4) is 0 Å². The molecule has 16 heavy (non-hydrogen) atoms. The number of ether oxygens (including phenoxy) is 1. The van der Waals surface area contributed by atoms with Crippen LogP contribution in [0.1, 0.15) is 24.8 Å². The minimum atomic E-state index is -0.368. The fourth-order valence-electron chi connectivity index (χ4n) is 1.66. The third-order valence-corrected chi connectivity index (χ3v) is 2.55. The van der Waals surface area contributed by atoms with Gasteiger partial charge in [-0.3, -0.25) is 10.1 Å². The van der Waals surface area contributed by atoms with Gasteiger partial charge in [-0.05, 0) is 12.5 Å². The molecule has 88 valence electrons. The lowest BCUT2D eigenvalue weighted by Crippen LogP contribution is -2.12. The van der Waals surface area contributed by atoms with E-state index in [1.807, 2.05) is 6.92 Å². The first kappa shape index (κ1) is 12.3. The molecule has 0 aliphatic carbocycles. The highest BCUT2D eigenvalue weighted by Crippen LogP contribution is 2.35. The van der Waals surface area contributed by atoms with Gasteiger partial charge in [0.05, 0.1) is 13.0 Å². The summed E-state index contributed by atoms with van der Waals surface area (Å²) in [5.41, 5.74) is 0.568. The van der Waals surface area contributed by atoms with Crippen molar-refractivity contribution in [3.8, 4) is 11.5 Å². The Morgan fingerprint density at radius 2 is 2.25 bits per heavy atom. The van der Waals surface area contributed by atoms with E-state index in [1.54, 1.807) is 18.2 Å². The smallest absolute Gasteiger partial charge is 0.210 e. The highest BCUT2D eigenvalue weighted by molar-refractivity contribution is 5.47. The maximum Gasteiger partial charge on any atom is 0.210 e. The minimum Gasteiger partial charge on any atom is -0.504 e. The average Bonchev–Trinajstić information content (AvgIpc) is 2.26. The molecule has 1 atom stereocenters. The molecule has 0 aliphatic rings. The molecule has 1 aromatic rings. The van der Waals surface area contributed by atoms with Gasteiger partial charge in [0.1, 0.15) is 0 Å². The maximum atomic E-state index is 10.5. The third kappa shape index (κ3) is 2.62. The Bertz CT molecular complexity index is 378. The molecule has 0 amide bonds. The van der Waals surface area contributed by atoms with Crippen molar-refractivity contribution in [1.82, 2.24) is 0 Å². The van der Waals surface area contributed by atoms with Crippen molar-refractivity contribution in [3.05, 3.63) is 33.9 Å². The fraction of sp³-hybridized carbons (Fsp3) is 0.455. The normalized spacial score (nSPS) is 12.1. The Hall–Kier alpha value is -1.78. The van der Waals surface area contributed by atoms with Crippen molar-refractivity contribution < 1.29 is 14.8 Å². The Morgan fingerprint density at radius 3 is 2.75 bits per heavy atom. The van der Waals surface area contributed by atoms with Crippen LogP contribution < -0.4 is 4.74 Å². The molecular formula is C11H15NO4. The van der Waals surface area contributed by atoms with Gasteiger partial charge in [-0.15, -0.1) is 0 Å². The molecule has 5 heteroatoms. The summed E-state index contributed by atoms with van der Waals surface area (Å²) in [5.74, 6) is 0.0584. The molecular weight excluding hydrogens is 210 g/mol. The summed E-state index contributed by atoms with van der Waals surface area (Å²) in [5, 5.41) is 20.4. The van der Waals surface area contributed by atoms with E-state index < -0.39 is 0 Å². The molecule has 1 N–H and O–H groups in total. The zero-order chi connectivity index (χ0) is 12.1. The number of hydrogen-bond donors (Lipinski definition) is 1. The van der Waals surface area contributed by atoms with E-state index in [9.17, 15) is 15.2 Å². The third-order valence-electron chi connectivity index (χ3n) is 2.55. The van der Waals surface area contributed by atoms with Crippen molar-refractivity contribution >= 4 is 0 Å². The van der Waals surface area contributed by atoms with Gasteiger partial charge in [-0.25, -0.2) is 0 Å². The van der Waals surface area contributed by atoms with Gasteiger partial charge in [-0.2, -0.15) is 0 Å². The van der Waals surface area contributed by atoms with Crippen molar-refractivity contribution in [2.75, 3.05) is 13.7 Å². The van der Waals surface area contributed by atoms with E-state index in [-0.39, 0.29) is 23.1 Å². The van der Waals surface area contributed by atoms with Crippen LogP contribution in [0.4, 0.5) is 0 Å². The van der Waals surface area contributed by atoms with Gasteiger partial charge < -0.3 is 9.84 Å². The molecule has 0 saturated heterocycles. The summed E-state index contributed by atoms with van der Waals surface area (Å²) >= 11 is 0. The number of methoxy groups -OCH3 is 1. The number of para-hydroxylation sites is 1. The van der Waals surface area contributed by atoms with Crippen LogP contribution >= 0.6 is 0 Å². The molecule has 0 fully saturated rings. The van der Waals surface area contributed by atoms with Gasteiger partial charge >= 0.3 is 0 Å². The van der Waals surface area contributed by atoms with Crippen molar-refractivity contribution in [2.45, 2.75) is 19.3 Å². The van der Waals surface area contributed by atoms with Crippen molar-refractivity contribution in [2.24, 2.45) is 0 Å². The Kier molecular flexibility index (Phi) is 4.10. The summed E-state index contributed by atoms with van der Waals surface area (Å²) in [7, 11) is 1.45. The average molecular weight is 225 g/mol. The van der Waals surface area contributed by atoms with E-state index in [4.69, 9.17) is 4.74 Å². The molecule has 0 aliphatic heterocycles. The summed E-state index contributed by atoms with van der Waals surface area (Å²) in [6.07, 6.45) is 0.599. The molecule has 0 spiro atoms. The molecule has 0 aromatic heterocycles. The Balaban J connectivity index is 3.04. The number of phenolic OH excluding ortho intramolecular Hbond substituents is 1. The van der Waals surface area contributed by atoms with Crippen LogP contribution in [-0.2, 0) is 0 Å². The quantitative estimate of drug-likeness (QED) is 0.615. The Morgan fingerprint density at radius 1 is 1.56 bits per heavy atom. The van der Waals surface area contributed by atoms with Crippen LogP contribution in [-0.4, -0.2) is 23.7 Å². The van der Waals surface area contributed by atoms with E-state index >= 15 is 0 Å². The van der Waals surface area contributed by atoms with E-state index in [0.29, 0.717) is 17.7 Å². The summed E-state index contributed by atoms with van der Waals surface area (Å²) in [4.78, 5) is 10.1. The maximum absolute atomic E-state index is 10.5. The number of hydrogen-bond acceptors (Lipinski definition) is 4. The largest absolute Gasteiger partial charge is 0.504 e. The second kappa shape index (κ2) is 5.34. The zero-order valence-corrected chi connectivity index (χ0v) is 9.34. The number of nitrogens with zero attached hydrogens (tertiary/aromatic N) is 1. The lowest BCUT2D eigenvalue weighted by molar-refractivity contribution is -0.483. The van der Waals surface area contributed by atoms with Crippen LogP contribution in [0.2, 0.25) is 0 Å². The molecule has 0 unspecified atom stereocenters. The van der Waals surface area contributed by atoms with Crippen LogP contribution in [0, 0.1) is 10.1 Å². The minimum absolute atomic E-state index is 0.00120. The van der Waals surface area contributed by atoms with Crippen LogP contribution in [0.15, 0.2) is 18.2 Å². The SMILES string of the molecule is CC[C@@H](C[N+](=O)[O-])c1cccc(OC)c1O. The zero-order valence-electron chi connectivity index (χ0n) is 9.34. The monoisotopic (exact) mass is 225 g/mol. The second-order valence-corrected chi connectivity index (χ2v) is 3.52. The molecule has 0 bridgehead atoms. The number of benzene rings is 1. The van der Waals surface area contributed by atoms with E-state index in [1.165, 1.54) is 7.11 Å². The van der Waals surface area contributed by atoms with E-state index in [2.05, 4.69) is 0 Å². The van der Waals surface area contributed by atoms with Crippen molar-refractivity contribution in [3.63, 3.8) is 0 Å². The molecule has 0 saturated carbocycles. The predicted octanol–water partition coefficient (Wildman–Crippen LogP) is 2.17. The lowest BCUT2D eigenvalue weighted by Gasteiger charge is -2.14. The van der Waals surface area contributed by atoms with Gasteiger partial charge in [0.2, 0.25) is 6.54 Å². The second-order valence-electron chi connectivity index (χ2n) is 3.52. The highest BCUT2D eigenvalue weighted by Gasteiger charge is 2.20. The molecule has 0 radical (unpaired) electrons.